The summed E-state index contributed by atoms with van der Waals surface area (Å²) in [5.41, 5.74) is 2.84. The Morgan fingerprint density at radius 3 is 2.50 bits per heavy atom. The van der Waals surface area contributed by atoms with Gasteiger partial charge in [0.15, 0.2) is 0 Å². The van der Waals surface area contributed by atoms with E-state index in [1.165, 1.54) is 36.8 Å². The lowest BCUT2D eigenvalue weighted by molar-refractivity contribution is 0.417. The molecule has 0 aliphatic rings. The molecule has 0 spiro atoms. The van der Waals surface area contributed by atoms with E-state index in [1.54, 1.807) is 0 Å². The summed E-state index contributed by atoms with van der Waals surface area (Å²) in [5, 5.41) is 3.62. The molecule has 0 bridgehead atoms. The highest BCUT2D eigenvalue weighted by atomic mass is 14.9. The lowest BCUT2D eigenvalue weighted by Crippen LogP contribution is -2.29. The Morgan fingerprint density at radius 1 is 1.11 bits per heavy atom. The Labute approximate surface area is 113 Å². The van der Waals surface area contributed by atoms with E-state index >= 15 is 0 Å². The van der Waals surface area contributed by atoms with Crippen molar-refractivity contribution in [1.82, 2.24) is 5.32 Å². The summed E-state index contributed by atoms with van der Waals surface area (Å²) in [6.07, 6.45) is 5.07. The average molecular weight is 247 g/mol. The highest BCUT2D eigenvalue weighted by Crippen LogP contribution is 2.13. The van der Waals surface area contributed by atoms with Gasteiger partial charge in [0.2, 0.25) is 0 Å². The molecule has 18 heavy (non-hydrogen) atoms. The number of hydrogen-bond donors (Lipinski definition) is 1. The summed E-state index contributed by atoms with van der Waals surface area (Å²) in [7, 11) is 0. The van der Waals surface area contributed by atoms with Crippen LogP contribution < -0.4 is 5.32 Å². The molecule has 1 N–H and O–H groups in total. The molecule has 1 heteroatoms. The van der Waals surface area contributed by atoms with Crippen LogP contribution in [0, 0.1) is 12.8 Å². The third kappa shape index (κ3) is 6.20. The van der Waals surface area contributed by atoms with Crippen molar-refractivity contribution in [3.63, 3.8) is 0 Å². The smallest absolute Gasteiger partial charge is 0.00702 e. The fraction of sp³-hybridized carbons (Fsp3) is 0.647. The fourth-order valence-corrected chi connectivity index (χ4v) is 2.38. The van der Waals surface area contributed by atoms with Gasteiger partial charge >= 0.3 is 0 Å². The summed E-state index contributed by atoms with van der Waals surface area (Å²) >= 11 is 0. The van der Waals surface area contributed by atoms with Crippen LogP contribution >= 0.6 is 0 Å². The molecule has 0 amide bonds. The maximum Gasteiger partial charge on any atom is 0.00702 e. The van der Waals surface area contributed by atoms with Gasteiger partial charge in [-0.2, -0.15) is 0 Å². The highest BCUT2D eigenvalue weighted by molar-refractivity contribution is 5.22. The van der Waals surface area contributed by atoms with Gasteiger partial charge in [-0.25, -0.2) is 0 Å². The Balaban J connectivity index is 2.41. The molecule has 1 unspecified atom stereocenters. The van der Waals surface area contributed by atoms with Crippen LogP contribution in [0.4, 0.5) is 0 Å². The van der Waals surface area contributed by atoms with E-state index in [9.17, 15) is 0 Å². The molecule has 1 aromatic rings. The number of benzene rings is 1. The van der Waals surface area contributed by atoms with Crippen molar-refractivity contribution in [1.29, 1.82) is 0 Å². The first-order valence-corrected chi connectivity index (χ1v) is 7.40. The Kier molecular flexibility index (Phi) is 7.04. The van der Waals surface area contributed by atoms with E-state index in [-0.39, 0.29) is 0 Å². The molecule has 0 aromatic heterocycles. The minimum absolute atomic E-state index is 0.679. The summed E-state index contributed by atoms with van der Waals surface area (Å²) in [6.45, 7) is 10.1. The Bertz CT molecular complexity index is 330. The van der Waals surface area contributed by atoms with Crippen LogP contribution in [0.5, 0.6) is 0 Å². The Hall–Kier alpha value is -0.820. The van der Waals surface area contributed by atoms with Crippen LogP contribution in [0.1, 0.15) is 51.2 Å². The predicted octanol–water partition coefficient (Wildman–Crippen LogP) is 4.34. The third-order valence-corrected chi connectivity index (χ3v) is 3.45. The van der Waals surface area contributed by atoms with Crippen molar-refractivity contribution in [2.24, 2.45) is 5.92 Å². The molecule has 1 atom stereocenters. The molecule has 0 aliphatic carbocycles. The van der Waals surface area contributed by atoms with Crippen molar-refractivity contribution < 1.29 is 0 Å². The van der Waals surface area contributed by atoms with Gasteiger partial charge in [0.1, 0.15) is 0 Å². The maximum atomic E-state index is 3.62. The molecule has 0 aliphatic heterocycles. The van der Waals surface area contributed by atoms with E-state index in [0.717, 1.165) is 12.5 Å². The summed E-state index contributed by atoms with van der Waals surface area (Å²) in [6, 6.07) is 9.58. The lowest BCUT2D eigenvalue weighted by atomic mass is 9.97. The van der Waals surface area contributed by atoms with Gasteiger partial charge in [0.05, 0.1) is 0 Å². The number of hydrogen-bond acceptors (Lipinski definition) is 1. The SMILES string of the molecule is CCNC(CCc1cccc(C)c1)CCC(C)C. The molecule has 0 saturated carbocycles. The lowest BCUT2D eigenvalue weighted by Gasteiger charge is -2.19. The normalized spacial score (nSPS) is 12.9. The van der Waals surface area contributed by atoms with Crippen LogP contribution in [-0.4, -0.2) is 12.6 Å². The monoisotopic (exact) mass is 247 g/mol. The molecule has 0 heterocycles. The van der Waals surface area contributed by atoms with Crippen molar-refractivity contribution in [3.05, 3.63) is 35.4 Å². The van der Waals surface area contributed by atoms with Gasteiger partial charge in [0, 0.05) is 6.04 Å². The van der Waals surface area contributed by atoms with E-state index in [4.69, 9.17) is 0 Å². The second kappa shape index (κ2) is 8.31. The zero-order valence-electron chi connectivity index (χ0n) is 12.5. The van der Waals surface area contributed by atoms with Crippen molar-refractivity contribution in [3.8, 4) is 0 Å². The van der Waals surface area contributed by atoms with E-state index in [1.807, 2.05) is 0 Å². The molecule has 102 valence electrons. The quantitative estimate of drug-likeness (QED) is 0.720. The first-order chi connectivity index (χ1) is 8.61. The molecular weight excluding hydrogens is 218 g/mol. The second-order valence-corrected chi connectivity index (χ2v) is 5.75. The Morgan fingerprint density at radius 2 is 1.89 bits per heavy atom. The van der Waals surface area contributed by atoms with Gasteiger partial charge in [-0.1, -0.05) is 50.6 Å². The highest BCUT2D eigenvalue weighted by Gasteiger charge is 2.08. The molecule has 1 aromatic carbocycles. The molecule has 1 rings (SSSR count). The predicted molar refractivity (Wildman–Crippen MR) is 81.0 cm³/mol. The van der Waals surface area contributed by atoms with E-state index in [0.29, 0.717) is 6.04 Å². The van der Waals surface area contributed by atoms with Gasteiger partial charge in [-0.3, -0.25) is 0 Å². The van der Waals surface area contributed by atoms with Crippen molar-refractivity contribution in [2.75, 3.05) is 6.54 Å². The molecule has 0 radical (unpaired) electrons. The number of nitrogens with one attached hydrogen (secondary N) is 1. The molecule has 1 nitrogen and oxygen atoms in total. The summed E-state index contributed by atoms with van der Waals surface area (Å²) < 4.78 is 0. The first-order valence-electron chi connectivity index (χ1n) is 7.40. The third-order valence-electron chi connectivity index (χ3n) is 3.45. The number of aryl methyl sites for hydroxylation is 2. The first kappa shape index (κ1) is 15.2. The topological polar surface area (TPSA) is 12.0 Å². The fourth-order valence-electron chi connectivity index (χ4n) is 2.38. The van der Waals surface area contributed by atoms with Crippen LogP contribution in [0.2, 0.25) is 0 Å². The summed E-state index contributed by atoms with van der Waals surface area (Å²) in [4.78, 5) is 0. The van der Waals surface area contributed by atoms with E-state index in [2.05, 4.69) is 57.3 Å². The van der Waals surface area contributed by atoms with Crippen molar-refractivity contribution in [2.45, 2.75) is 59.4 Å². The van der Waals surface area contributed by atoms with Gasteiger partial charge in [-0.15, -0.1) is 0 Å². The van der Waals surface area contributed by atoms with Gasteiger partial charge < -0.3 is 5.32 Å². The minimum Gasteiger partial charge on any atom is -0.314 e. The van der Waals surface area contributed by atoms with Crippen LogP contribution in [0.15, 0.2) is 24.3 Å². The zero-order valence-corrected chi connectivity index (χ0v) is 12.5. The molecule has 0 fully saturated rings. The molecular formula is C17H29N. The minimum atomic E-state index is 0.679. The van der Waals surface area contributed by atoms with Crippen LogP contribution in [0.3, 0.4) is 0 Å². The van der Waals surface area contributed by atoms with Crippen molar-refractivity contribution >= 4 is 0 Å². The summed E-state index contributed by atoms with van der Waals surface area (Å²) in [5.74, 6) is 0.810. The largest absolute Gasteiger partial charge is 0.314 e. The van der Waals surface area contributed by atoms with Gasteiger partial charge in [-0.05, 0) is 50.6 Å². The number of rotatable bonds is 8. The standard InChI is InChI=1S/C17H29N/c1-5-18-17(11-9-14(2)3)12-10-16-8-6-7-15(4)13-16/h6-8,13-14,17-18H,5,9-12H2,1-4H3. The van der Waals surface area contributed by atoms with Gasteiger partial charge in [0.25, 0.3) is 0 Å². The maximum absolute atomic E-state index is 3.62. The molecule has 0 saturated heterocycles. The van der Waals surface area contributed by atoms with E-state index < -0.39 is 0 Å². The second-order valence-electron chi connectivity index (χ2n) is 5.75. The average Bonchev–Trinajstić information content (AvgIpc) is 2.32. The zero-order chi connectivity index (χ0) is 13.4. The van der Waals surface area contributed by atoms with Crippen LogP contribution in [-0.2, 0) is 6.42 Å². The van der Waals surface area contributed by atoms with Crippen LogP contribution in [0.25, 0.3) is 0 Å².